The van der Waals surface area contributed by atoms with Gasteiger partial charge in [-0.1, -0.05) is 0 Å². The van der Waals surface area contributed by atoms with Gasteiger partial charge in [0, 0.05) is 15.6 Å². The fourth-order valence-electron chi connectivity index (χ4n) is 0.976. The highest BCUT2D eigenvalue weighted by Gasteiger charge is 2.15. The number of thioether (sulfide) groups is 1. The van der Waals surface area contributed by atoms with Crippen LogP contribution in [0.1, 0.15) is 0 Å². The lowest BCUT2D eigenvalue weighted by Gasteiger charge is -2.06. The molecule has 0 bridgehead atoms. The lowest BCUT2D eigenvalue weighted by Crippen LogP contribution is -1.94. The van der Waals surface area contributed by atoms with Gasteiger partial charge in [-0.25, -0.2) is 8.42 Å². The second-order valence-electron chi connectivity index (χ2n) is 2.45. The summed E-state index contributed by atoms with van der Waals surface area (Å²) in [6.07, 6.45) is 1.78. The molecule has 6 heteroatoms. The van der Waals surface area contributed by atoms with Crippen molar-refractivity contribution in [1.82, 2.24) is 0 Å². The van der Waals surface area contributed by atoms with Crippen LogP contribution in [0.5, 0.6) is 5.75 Å². The summed E-state index contributed by atoms with van der Waals surface area (Å²) in [7, 11) is 3.10. The van der Waals surface area contributed by atoms with Crippen molar-refractivity contribution in [3.63, 3.8) is 0 Å². The topological polar surface area (TPSA) is 43.4 Å². The molecule has 0 N–H and O–H groups in total. The quantitative estimate of drug-likeness (QED) is 0.612. The van der Waals surface area contributed by atoms with Crippen LogP contribution in [-0.4, -0.2) is 21.8 Å². The van der Waals surface area contributed by atoms with Crippen LogP contribution < -0.4 is 4.74 Å². The Morgan fingerprint density at radius 2 is 2.07 bits per heavy atom. The third-order valence-electron chi connectivity index (χ3n) is 1.63. The van der Waals surface area contributed by atoms with Crippen molar-refractivity contribution >= 4 is 31.5 Å². The molecule has 14 heavy (non-hydrogen) atoms. The van der Waals surface area contributed by atoms with Gasteiger partial charge in [0.15, 0.2) is 0 Å². The molecule has 0 saturated carbocycles. The Kier molecular flexibility index (Phi) is 3.69. The van der Waals surface area contributed by atoms with Gasteiger partial charge >= 0.3 is 0 Å². The van der Waals surface area contributed by atoms with Gasteiger partial charge in [-0.3, -0.25) is 0 Å². The zero-order valence-corrected chi connectivity index (χ0v) is 10.0. The molecule has 3 nitrogen and oxygen atoms in total. The largest absolute Gasteiger partial charge is 0.497 e. The minimum atomic E-state index is -3.67. The van der Waals surface area contributed by atoms with E-state index in [0.717, 1.165) is 0 Å². The van der Waals surface area contributed by atoms with E-state index in [0.29, 0.717) is 10.6 Å². The molecular weight excluding hydrogens is 244 g/mol. The van der Waals surface area contributed by atoms with Crippen LogP contribution in [-0.2, 0) is 9.05 Å². The summed E-state index contributed by atoms with van der Waals surface area (Å²) in [5.74, 6) is 0.610. The smallest absolute Gasteiger partial charge is 0.262 e. The average Bonchev–Trinajstić information content (AvgIpc) is 2.15. The van der Waals surface area contributed by atoms with Gasteiger partial charge in [0.25, 0.3) is 9.05 Å². The molecule has 0 aliphatic rings. The summed E-state index contributed by atoms with van der Waals surface area (Å²) in [6, 6.07) is 4.64. The molecule has 0 unspecified atom stereocenters. The Balaban J connectivity index is 3.33. The minimum Gasteiger partial charge on any atom is -0.497 e. The molecule has 0 fully saturated rings. The predicted octanol–water partition coefficient (Wildman–Crippen LogP) is 2.34. The van der Waals surface area contributed by atoms with Crippen molar-refractivity contribution in [3.8, 4) is 5.75 Å². The van der Waals surface area contributed by atoms with Crippen LogP contribution in [0, 0.1) is 0 Å². The highest BCUT2D eigenvalue weighted by molar-refractivity contribution is 8.14. The van der Waals surface area contributed by atoms with Crippen LogP contribution in [0.25, 0.3) is 0 Å². The zero-order valence-electron chi connectivity index (χ0n) is 7.65. The molecule has 0 spiro atoms. The first-order valence-electron chi connectivity index (χ1n) is 3.65. The Morgan fingerprint density at radius 1 is 1.43 bits per heavy atom. The number of ether oxygens (including phenoxy) is 1. The van der Waals surface area contributed by atoms with Gasteiger partial charge < -0.3 is 4.74 Å². The van der Waals surface area contributed by atoms with E-state index in [1.807, 2.05) is 0 Å². The van der Waals surface area contributed by atoms with Gasteiger partial charge in [0.1, 0.15) is 5.75 Å². The lowest BCUT2D eigenvalue weighted by molar-refractivity contribution is 0.413. The number of halogens is 1. The van der Waals surface area contributed by atoms with Crippen molar-refractivity contribution < 1.29 is 13.2 Å². The molecule has 1 rings (SSSR count). The SMILES string of the molecule is COc1ccc(S(=O)(=O)Cl)c(SC)c1. The second kappa shape index (κ2) is 4.42. The van der Waals surface area contributed by atoms with Gasteiger partial charge in [-0.05, 0) is 24.5 Å². The second-order valence-corrected chi connectivity index (χ2v) is 5.84. The number of hydrogen-bond acceptors (Lipinski definition) is 4. The molecule has 0 saturated heterocycles. The summed E-state index contributed by atoms with van der Waals surface area (Å²) < 4.78 is 27.2. The van der Waals surface area contributed by atoms with Gasteiger partial charge in [-0.2, -0.15) is 0 Å². The van der Waals surface area contributed by atoms with Gasteiger partial charge in [0.05, 0.1) is 12.0 Å². The third-order valence-corrected chi connectivity index (χ3v) is 3.92. The molecule has 0 radical (unpaired) electrons. The average molecular weight is 253 g/mol. The first kappa shape index (κ1) is 11.7. The fourth-order valence-corrected chi connectivity index (χ4v) is 3.13. The Hall–Kier alpha value is -0.390. The number of rotatable bonds is 3. The Morgan fingerprint density at radius 3 is 2.50 bits per heavy atom. The first-order chi connectivity index (χ1) is 6.49. The van der Waals surface area contributed by atoms with Crippen molar-refractivity contribution in [1.29, 1.82) is 0 Å². The van der Waals surface area contributed by atoms with E-state index in [4.69, 9.17) is 15.4 Å². The van der Waals surface area contributed by atoms with Gasteiger partial charge in [-0.15, -0.1) is 11.8 Å². The number of benzene rings is 1. The van der Waals surface area contributed by atoms with E-state index in [1.54, 1.807) is 18.4 Å². The summed E-state index contributed by atoms with van der Waals surface area (Å²) in [5.41, 5.74) is 0. The number of methoxy groups -OCH3 is 1. The maximum atomic E-state index is 11.1. The normalized spacial score (nSPS) is 11.4. The van der Waals surface area contributed by atoms with Crippen molar-refractivity contribution in [2.24, 2.45) is 0 Å². The van der Waals surface area contributed by atoms with Crippen LogP contribution in [0.2, 0.25) is 0 Å². The van der Waals surface area contributed by atoms with Crippen molar-refractivity contribution in [2.45, 2.75) is 9.79 Å². The molecule has 0 amide bonds. The molecule has 1 aromatic rings. The van der Waals surface area contributed by atoms with Crippen LogP contribution in [0.15, 0.2) is 28.0 Å². The van der Waals surface area contributed by atoms with E-state index < -0.39 is 9.05 Å². The van der Waals surface area contributed by atoms with Crippen molar-refractivity contribution in [3.05, 3.63) is 18.2 Å². The summed E-state index contributed by atoms with van der Waals surface area (Å²) >= 11 is 1.31. The summed E-state index contributed by atoms with van der Waals surface area (Å²) in [6.45, 7) is 0. The van der Waals surface area contributed by atoms with E-state index in [2.05, 4.69) is 0 Å². The number of hydrogen-bond donors (Lipinski definition) is 0. The van der Waals surface area contributed by atoms with Crippen LogP contribution in [0.3, 0.4) is 0 Å². The third kappa shape index (κ3) is 2.56. The monoisotopic (exact) mass is 252 g/mol. The first-order valence-corrected chi connectivity index (χ1v) is 7.19. The van der Waals surface area contributed by atoms with E-state index in [1.165, 1.54) is 24.9 Å². The summed E-state index contributed by atoms with van der Waals surface area (Å²) in [5, 5.41) is 0. The van der Waals surface area contributed by atoms with Crippen molar-refractivity contribution in [2.75, 3.05) is 13.4 Å². The maximum absolute atomic E-state index is 11.1. The molecule has 78 valence electrons. The van der Waals surface area contributed by atoms with E-state index in [-0.39, 0.29) is 4.90 Å². The highest BCUT2D eigenvalue weighted by atomic mass is 35.7. The van der Waals surface area contributed by atoms with Gasteiger partial charge in [0.2, 0.25) is 0 Å². The molecular formula is C8H9ClO3S2. The van der Waals surface area contributed by atoms with E-state index >= 15 is 0 Å². The molecule has 1 aromatic carbocycles. The molecule has 0 heterocycles. The molecule has 0 aliphatic carbocycles. The molecule has 0 atom stereocenters. The maximum Gasteiger partial charge on any atom is 0.262 e. The minimum absolute atomic E-state index is 0.118. The molecule has 0 aromatic heterocycles. The van der Waals surface area contributed by atoms with Crippen LogP contribution >= 0.6 is 22.4 Å². The Labute approximate surface area is 91.8 Å². The standard InChI is InChI=1S/C8H9ClO3S2/c1-12-6-3-4-8(14(9,10)11)7(5-6)13-2/h3-5H,1-2H3. The van der Waals surface area contributed by atoms with E-state index in [9.17, 15) is 8.42 Å². The Bertz CT molecular complexity index is 428. The fraction of sp³-hybridized carbons (Fsp3) is 0.250. The zero-order chi connectivity index (χ0) is 10.8. The molecule has 0 aliphatic heterocycles. The predicted molar refractivity (Wildman–Crippen MR) is 57.8 cm³/mol. The highest BCUT2D eigenvalue weighted by Crippen LogP contribution is 2.30. The van der Waals surface area contributed by atoms with Crippen LogP contribution in [0.4, 0.5) is 0 Å². The lowest BCUT2D eigenvalue weighted by atomic mass is 10.3. The summed E-state index contributed by atoms with van der Waals surface area (Å²) in [4.78, 5) is 0.701.